The van der Waals surface area contributed by atoms with Gasteiger partial charge in [-0.05, 0) is 36.8 Å². The van der Waals surface area contributed by atoms with Crippen molar-refractivity contribution in [3.63, 3.8) is 0 Å². The van der Waals surface area contributed by atoms with Gasteiger partial charge in [-0.2, -0.15) is 0 Å². The lowest BCUT2D eigenvalue weighted by Gasteiger charge is -2.10. The molecule has 1 aromatic heterocycles. The third-order valence-corrected chi connectivity index (χ3v) is 3.14. The molecule has 19 heavy (non-hydrogen) atoms. The van der Waals surface area contributed by atoms with Crippen LogP contribution in [0.4, 0.5) is 5.82 Å². The summed E-state index contributed by atoms with van der Waals surface area (Å²) in [5.41, 5.74) is 1.38. The fourth-order valence-electron chi connectivity index (χ4n) is 1.64. The topological polar surface area (TPSA) is 51.2 Å². The molecule has 1 heterocycles. The number of amides is 1. The predicted molar refractivity (Wildman–Crippen MR) is 77.6 cm³/mol. The number of ether oxygens (including phenoxy) is 1. The second kappa shape index (κ2) is 5.84. The second-order valence-electron chi connectivity index (χ2n) is 3.97. The largest absolute Gasteiger partial charge is 0.496 e. The van der Waals surface area contributed by atoms with Gasteiger partial charge in [-0.15, -0.1) is 0 Å². The number of methoxy groups -OCH3 is 1. The first kappa shape index (κ1) is 13.5. The lowest BCUT2D eigenvalue weighted by atomic mass is 10.2. The highest BCUT2D eigenvalue weighted by Crippen LogP contribution is 2.24. The summed E-state index contributed by atoms with van der Waals surface area (Å²) in [7, 11) is 1.53. The van der Waals surface area contributed by atoms with Crippen molar-refractivity contribution < 1.29 is 9.53 Å². The summed E-state index contributed by atoms with van der Waals surface area (Å²) >= 11 is 3.34. The van der Waals surface area contributed by atoms with Gasteiger partial charge in [0, 0.05) is 10.7 Å². The van der Waals surface area contributed by atoms with Crippen molar-refractivity contribution in [3.05, 3.63) is 52.1 Å². The Bertz CT molecular complexity index is 614. The van der Waals surface area contributed by atoms with Gasteiger partial charge in [0.15, 0.2) is 0 Å². The molecule has 98 valence electrons. The van der Waals surface area contributed by atoms with Crippen LogP contribution in [0.3, 0.4) is 0 Å². The van der Waals surface area contributed by atoms with E-state index in [2.05, 4.69) is 26.2 Å². The summed E-state index contributed by atoms with van der Waals surface area (Å²) in [5, 5.41) is 2.78. The number of nitrogens with zero attached hydrogens (tertiary/aromatic N) is 1. The molecule has 0 radical (unpaired) electrons. The van der Waals surface area contributed by atoms with E-state index in [1.54, 1.807) is 24.4 Å². The normalized spacial score (nSPS) is 10.1. The number of benzene rings is 1. The highest BCUT2D eigenvalue weighted by molar-refractivity contribution is 9.10. The van der Waals surface area contributed by atoms with Crippen molar-refractivity contribution in [1.82, 2.24) is 4.98 Å². The minimum Gasteiger partial charge on any atom is -0.496 e. The summed E-state index contributed by atoms with van der Waals surface area (Å²) in [5.74, 6) is 0.823. The lowest BCUT2D eigenvalue weighted by molar-refractivity contribution is 0.102. The molecule has 1 aromatic carbocycles. The van der Waals surface area contributed by atoms with E-state index < -0.39 is 0 Å². The molecule has 2 aromatic rings. The number of anilines is 1. The standard InChI is InChI=1S/C14H13BrN2O2/c1-9-4-3-7-16-13(9)17-14(18)11-6-5-10(15)8-12(11)19-2/h3-8H,1-2H3,(H,16,17,18). The smallest absolute Gasteiger partial charge is 0.260 e. The Kier molecular flexibility index (Phi) is 4.16. The Hall–Kier alpha value is -1.88. The van der Waals surface area contributed by atoms with Crippen LogP contribution in [0.2, 0.25) is 0 Å². The number of carbonyl (C=O) groups is 1. The molecule has 0 saturated carbocycles. The molecule has 5 heteroatoms. The number of aryl methyl sites for hydroxylation is 1. The number of pyridine rings is 1. The molecule has 0 atom stereocenters. The first-order valence-corrected chi connectivity index (χ1v) is 6.47. The van der Waals surface area contributed by atoms with Gasteiger partial charge in [0.2, 0.25) is 0 Å². The first-order valence-electron chi connectivity index (χ1n) is 5.68. The Balaban J connectivity index is 2.28. The molecule has 0 aliphatic heterocycles. The van der Waals surface area contributed by atoms with Crippen LogP contribution in [0.15, 0.2) is 41.0 Å². The van der Waals surface area contributed by atoms with E-state index in [4.69, 9.17) is 4.74 Å². The van der Waals surface area contributed by atoms with Gasteiger partial charge in [0.1, 0.15) is 11.6 Å². The summed E-state index contributed by atoms with van der Waals surface area (Å²) in [6.07, 6.45) is 1.64. The van der Waals surface area contributed by atoms with Gasteiger partial charge in [-0.25, -0.2) is 4.98 Å². The van der Waals surface area contributed by atoms with Gasteiger partial charge in [0.05, 0.1) is 12.7 Å². The van der Waals surface area contributed by atoms with Crippen LogP contribution in [0, 0.1) is 6.92 Å². The number of aromatic nitrogens is 1. The maximum atomic E-state index is 12.2. The lowest BCUT2D eigenvalue weighted by Crippen LogP contribution is -2.14. The molecule has 2 rings (SSSR count). The predicted octanol–water partition coefficient (Wildman–Crippen LogP) is 3.41. The number of hydrogen-bond donors (Lipinski definition) is 1. The van der Waals surface area contributed by atoms with Gasteiger partial charge in [0.25, 0.3) is 5.91 Å². The average Bonchev–Trinajstić information content (AvgIpc) is 2.41. The molecule has 0 saturated heterocycles. The molecule has 0 unspecified atom stereocenters. The van der Waals surface area contributed by atoms with Crippen molar-refractivity contribution >= 4 is 27.7 Å². The number of hydrogen-bond acceptors (Lipinski definition) is 3. The minimum absolute atomic E-state index is 0.244. The zero-order valence-corrected chi connectivity index (χ0v) is 12.2. The van der Waals surface area contributed by atoms with E-state index in [0.717, 1.165) is 10.0 Å². The Morgan fingerprint density at radius 2 is 2.16 bits per heavy atom. The van der Waals surface area contributed by atoms with E-state index in [0.29, 0.717) is 17.1 Å². The first-order chi connectivity index (χ1) is 9.11. The van der Waals surface area contributed by atoms with Crippen LogP contribution in [0.5, 0.6) is 5.75 Å². The van der Waals surface area contributed by atoms with Gasteiger partial charge < -0.3 is 10.1 Å². The molecule has 0 spiro atoms. The number of rotatable bonds is 3. The van der Waals surface area contributed by atoms with Gasteiger partial charge >= 0.3 is 0 Å². The zero-order valence-electron chi connectivity index (χ0n) is 10.6. The maximum Gasteiger partial charge on any atom is 0.260 e. The van der Waals surface area contributed by atoms with E-state index in [9.17, 15) is 4.79 Å². The van der Waals surface area contributed by atoms with Crippen LogP contribution in [-0.4, -0.2) is 18.0 Å². The van der Waals surface area contributed by atoms with E-state index in [-0.39, 0.29) is 5.91 Å². The van der Waals surface area contributed by atoms with Crippen molar-refractivity contribution in [3.8, 4) is 5.75 Å². The minimum atomic E-state index is -0.244. The molecule has 0 aliphatic rings. The molecular formula is C14H13BrN2O2. The van der Waals surface area contributed by atoms with E-state index in [1.807, 2.05) is 19.1 Å². The summed E-state index contributed by atoms with van der Waals surface area (Å²) in [6, 6.07) is 8.96. The molecule has 0 fully saturated rings. The fraction of sp³-hybridized carbons (Fsp3) is 0.143. The van der Waals surface area contributed by atoms with Crippen molar-refractivity contribution in [1.29, 1.82) is 0 Å². The zero-order chi connectivity index (χ0) is 13.8. The molecule has 4 nitrogen and oxygen atoms in total. The third-order valence-electron chi connectivity index (χ3n) is 2.65. The number of nitrogens with one attached hydrogen (secondary N) is 1. The number of carbonyl (C=O) groups excluding carboxylic acids is 1. The summed E-state index contributed by atoms with van der Waals surface area (Å²) in [6.45, 7) is 1.89. The van der Waals surface area contributed by atoms with Gasteiger partial charge in [-0.3, -0.25) is 4.79 Å². The molecule has 0 bridgehead atoms. The van der Waals surface area contributed by atoms with Crippen molar-refractivity contribution in [2.75, 3.05) is 12.4 Å². The van der Waals surface area contributed by atoms with Crippen LogP contribution in [-0.2, 0) is 0 Å². The highest BCUT2D eigenvalue weighted by Gasteiger charge is 2.13. The average molecular weight is 321 g/mol. The summed E-state index contributed by atoms with van der Waals surface area (Å²) in [4.78, 5) is 16.3. The monoisotopic (exact) mass is 320 g/mol. The summed E-state index contributed by atoms with van der Waals surface area (Å²) < 4.78 is 6.06. The molecule has 1 amide bonds. The van der Waals surface area contributed by atoms with Crippen LogP contribution < -0.4 is 10.1 Å². The molecule has 0 aliphatic carbocycles. The fourth-order valence-corrected chi connectivity index (χ4v) is 1.98. The van der Waals surface area contributed by atoms with Crippen LogP contribution >= 0.6 is 15.9 Å². The molecule has 1 N–H and O–H groups in total. The van der Waals surface area contributed by atoms with Crippen LogP contribution in [0.25, 0.3) is 0 Å². The Morgan fingerprint density at radius 1 is 1.37 bits per heavy atom. The van der Waals surface area contributed by atoms with Crippen molar-refractivity contribution in [2.45, 2.75) is 6.92 Å². The maximum absolute atomic E-state index is 12.2. The van der Waals surface area contributed by atoms with Crippen LogP contribution in [0.1, 0.15) is 15.9 Å². The molecular weight excluding hydrogens is 308 g/mol. The van der Waals surface area contributed by atoms with Gasteiger partial charge in [-0.1, -0.05) is 22.0 Å². The Labute approximate surface area is 119 Å². The van der Waals surface area contributed by atoms with E-state index >= 15 is 0 Å². The van der Waals surface area contributed by atoms with E-state index in [1.165, 1.54) is 7.11 Å². The van der Waals surface area contributed by atoms with Crippen molar-refractivity contribution in [2.24, 2.45) is 0 Å². The highest BCUT2D eigenvalue weighted by atomic mass is 79.9. The number of halogens is 1. The quantitative estimate of drug-likeness (QED) is 0.942. The Morgan fingerprint density at radius 3 is 2.84 bits per heavy atom. The second-order valence-corrected chi connectivity index (χ2v) is 4.88. The SMILES string of the molecule is COc1cc(Br)ccc1C(=O)Nc1ncccc1C. The third kappa shape index (κ3) is 3.12.